The number of nitrogens with zero attached hydrogens (tertiary/aromatic N) is 3. The largest absolute Gasteiger partial charge is 0.300 e. The van der Waals surface area contributed by atoms with Crippen LogP contribution in [0.3, 0.4) is 0 Å². The van der Waals surface area contributed by atoms with Crippen LogP contribution in [0.4, 0.5) is 5.13 Å². The van der Waals surface area contributed by atoms with E-state index in [1.54, 1.807) is 42.1 Å². The summed E-state index contributed by atoms with van der Waals surface area (Å²) in [5.74, 6) is 0.358. The topological polar surface area (TPSA) is 92.3 Å². The smallest absolute Gasteiger partial charge is 0.243 e. The second-order valence-electron chi connectivity index (χ2n) is 6.23. The zero-order valence-electron chi connectivity index (χ0n) is 15.0. The van der Waals surface area contributed by atoms with Crippen LogP contribution in [0.25, 0.3) is 0 Å². The van der Waals surface area contributed by atoms with Crippen LogP contribution in [0, 0.1) is 5.92 Å². The first-order valence-electron chi connectivity index (χ1n) is 8.83. The standard InChI is InChI=1S/C17H22N4O3S3/c1-2-11-25-17-20-19-16(26-17)18-15(22)13-7-6-10-21(12-13)27(23,24)14-8-4-3-5-9-14/h3-5,8-9,13H,2,6-7,10-12H2,1H3,(H,18,19,22)/t13-/m1/s1. The van der Waals surface area contributed by atoms with E-state index in [2.05, 4.69) is 22.4 Å². The molecule has 1 fully saturated rings. The van der Waals surface area contributed by atoms with Gasteiger partial charge in [-0.3, -0.25) is 4.79 Å². The number of thioether (sulfide) groups is 1. The van der Waals surface area contributed by atoms with Gasteiger partial charge in [0, 0.05) is 18.8 Å². The molecule has 0 radical (unpaired) electrons. The lowest BCUT2D eigenvalue weighted by Gasteiger charge is -2.31. The van der Waals surface area contributed by atoms with E-state index in [1.807, 2.05) is 0 Å². The molecule has 1 aliphatic heterocycles. The first kappa shape index (κ1) is 20.2. The molecular formula is C17H22N4O3S3. The highest BCUT2D eigenvalue weighted by Crippen LogP contribution is 2.28. The summed E-state index contributed by atoms with van der Waals surface area (Å²) in [6.07, 6.45) is 2.35. The highest BCUT2D eigenvalue weighted by Gasteiger charge is 2.33. The van der Waals surface area contributed by atoms with Crippen molar-refractivity contribution < 1.29 is 13.2 Å². The van der Waals surface area contributed by atoms with Gasteiger partial charge in [0.25, 0.3) is 0 Å². The van der Waals surface area contributed by atoms with Crippen molar-refractivity contribution in [3.05, 3.63) is 30.3 Å². The molecule has 3 rings (SSSR count). The van der Waals surface area contributed by atoms with Crippen molar-refractivity contribution >= 4 is 44.2 Å². The third-order valence-electron chi connectivity index (χ3n) is 4.20. The number of aromatic nitrogens is 2. The van der Waals surface area contributed by atoms with Gasteiger partial charge in [-0.1, -0.05) is 48.2 Å². The molecule has 1 aromatic carbocycles. The van der Waals surface area contributed by atoms with Gasteiger partial charge in [0.15, 0.2) is 4.34 Å². The number of benzene rings is 1. The van der Waals surface area contributed by atoms with E-state index in [-0.39, 0.29) is 17.3 Å². The molecule has 1 N–H and O–H groups in total. The van der Waals surface area contributed by atoms with Crippen molar-refractivity contribution in [3.63, 3.8) is 0 Å². The average molecular weight is 427 g/mol. The summed E-state index contributed by atoms with van der Waals surface area (Å²) >= 11 is 2.96. The first-order valence-corrected chi connectivity index (χ1v) is 12.1. The number of piperidine rings is 1. The zero-order chi connectivity index (χ0) is 19.3. The first-order chi connectivity index (χ1) is 13.0. The Hall–Kier alpha value is -1.49. The van der Waals surface area contributed by atoms with Crippen LogP contribution in [0.15, 0.2) is 39.6 Å². The highest BCUT2D eigenvalue weighted by molar-refractivity contribution is 8.01. The molecule has 2 aromatic rings. The second-order valence-corrected chi connectivity index (χ2v) is 10.5. The van der Waals surface area contributed by atoms with Crippen LogP contribution in [0.2, 0.25) is 0 Å². The van der Waals surface area contributed by atoms with Crippen LogP contribution in [-0.2, 0) is 14.8 Å². The number of anilines is 1. The highest BCUT2D eigenvalue weighted by atomic mass is 32.2. The fourth-order valence-corrected chi connectivity index (χ4v) is 6.06. The van der Waals surface area contributed by atoms with Gasteiger partial charge in [-0.25, -0.2) is 8.42 Å². The molecule has 146 valence electrons. The molecule has 1 aliphatic rings. The Morgan fingerprint density at radius 2 is 2.11 bits per heavy atom. The maximum atomic E-state index is 12.8. The summed E-state index contributed by atoms with van der Waals surface area (Å²) in [5, 5.41) is 11.3. The lowest BCUT2D eigenvalue weighted by molar-refractivity contribution is -0.120. The maximum Gasteiger partial charge on any atom is 0.243 e. The molecule has 0 bridgehead atoms. The number of hydrogen-bond donors (Lipinski definition) is 1. The molecule has 0 spiro atoms. The summed E-state index contributed by atoms with van der Waals surface area (Å²) in [7, 11) is -3.58. The molecule has 1 atom stereocenters. The summed E-state index contributed by atoms with van der Waals surface area (Å²) in [5.41, 5.74) is 0. The molecule has 0 saturated carbocycles. The maximum absolute atomic E-state index is 12.8. The number of carbonyl (C=O) groups is 1. The molecule has 7 nitrogen and oxygen atoms in total. The van der Waals surface area contributed by atoms with Crippen molar-refractivity contribution in [3.8, 4) is 0 Å². The van der Waals surface area contributed by atoms with Gasteiger partial charge in [-0.05, 0) is 31.4 Å². The second kappa shape index (κ2) is 9.13. The molecule has 10 heteroatoms. The number of amides is 1. The number of sulfonamides is 1. The van der Waals surface area contributed by atoms with E-state index >= 15 is 0 Å². The minimum absolute atomic E-state index is 0.180. The third-order valence-corrected chi connectivity index (χ3v) is 8.26. The van der Waals surface area contributed by atoms with Crippen LogP contribution in [-0.4, -0.2) is 47.7 Å². The molecule has 0 aliphatic carbocycles. The van der Waals surface area contributed by atoms with E-state index in [0.717, 1.165) is 16.5 Å². The van der Waals surface area contributed by atoms with Gasteiger partial charge in [0.1, 0.15) is 0 Å². The van der Waals surface area contributed by atoms with E-state index in [9.17, 15) is 13.2 Å². The van der Waals surface area contributed by atoms with Gasteiger partial charge in [-0.2, -0.15) is 4.31 Å². The molecular weight excluding hydrogens is 404 g/mol. The minimum Gasteiger partial charge on any atom is -0.300 e. The van der Waals surface area contributed by atoms with Crippen molar-refractivity contribution in [1.82, 2.24) is 14.5 Å². The van der Waals surface area contributed by atoms with Crippen molar-refractivity contribution in [2.45, 2.75) is 35.4 Å². The molecule has 1 saturated heterocycles. The van der Waals surface area contributed by atoms with Gasteiger partial charge in [0.2, 0.25) is 21.1 Å². The van der Waals surface area contributed by atoms with Crippen LogP contribution < -0.4 is 5.32 Å². The Kier molecular flexibility index (Phi) is 6.85. The third kappa shape index (κ3) is 5.07. The quantitative estimate of drug-likeness (QED) is 0.540. The van der Waals surface area contributed by atoms with Crippen molar-refractivity contribution in [1.29, 1.82) is 0 Å². The van der Waals surface area contributed by atoms with E-state index in [1.165, 1.54) is 15.6 Å². The van der Waals surface area contributed by atoms with Gasteiger partial charge >= 0.3 is 0 Å². The van der Waals surface area contributed by atoms with E-state index < -0.39 is 15.9 Å². The fourth-order valence-electron chi connectivity index (χ4n) is 2.83. The summed E-state index contributed by atoms with van der Waals surface area (Å²) in [4.78, 5) is 12.9. The summed E-state index contributed by atoms with van der Waals surface area (Å²) in [6.45, 7) is 2.70. The minimum atomic E-state index is -3.58. The molecule has 27 heavy (non-hydrogen) atoms. The number of nitrogens with one attached hydrogen (secondary N) is 1. The predicted molar refractivity (Wildman–Crippen MR) is 107 cm³/mol. The van der Waals surface area contributed by atoms with Crippen LogP contribution in [0.5, 0.6) is 0 Å². The number of carbonyl (C=O) groups excluding carboxylic acids is 1. The predicted octanol–water partition coefficient (Wildman–Crippen LogP) is 3.08. The van der Waals surface area contributed by atoms with Crippen molar-refractivity contribution in [2.75, 3.05) is 24.2 Å². The normalized spacial score (nSPS) is 18.3. The molecule has 0 unspecified atom stereocenters. The number of rotatable bonds is 7. The molecule has 1 amide bonds. The Labute approximate surface area is 167 Å². The Bertz CT molecular complexity index is 871. The SMILES string of the molecule is CCCSc1nnc(NC(=O)[C@@H]2CCCN(S(=O)(=O)c3ccccc3)C2)s1. The molecule has 1 aromatic heterocycles. The zero-order valence-corrected chi connectivity index (χ0v) is 17.4. The Balaban J connectivity index is 1.63. The monoisotopic (exact) mass is 426 g/mol. The molecule has 2 heterocycles. The lowest BCUT2D eigenvalue weighted by atomic mass is 9.99. The summed E-state index contributed by atoms with van der Waals surface area (Å²) in [6, 6.07) is 8.33. The van der Waals surface area contributed by atoms with Gasteiger partial charge in [0.05, 0.1) is 10.8 Å². The fraction of sp³-hybridized carbons (Fsp3) is 0.471. The number of hydrogen-bond acceptors (Lipinski definition) is 7. The Morgan fingerprint density at radius 1 is 1.33 bits per heavy atom. The average Bonchev–Trinajstić information content (AvgIpc) is 3.14. The van der Waals surface area contributed by atoms with Crippen LogP contribution >= 0.6 is 23.1 Å². The van der Waals surface area contributed by atoms with E-state index in [4.69, 9.17) is 0 Å². The van der Waals surface area contributed by atoms with Gasteiger partial charge < -0.3 is 5.32 Å². The van der Waals surface area contributed by atoms with Crippen LogP contribution in [0.1, 0.15) is 26.2 Å². The Morgan fingerprint density at radius 3 is 2.85 bits per heavy atom. The van der Waals surface area contributed by atoms with Crippen molar-refractivity contribution in [2.24, 2.45) is 5.92 Å². The lowest BCUT2D eigenvalue weighted by Crippen LogP contribution is -2.43. The van der Waals surface area contributed by atoms with E-state index in [0.29, 0.717) is 24.5 Å². The summed E-state index contributed by atoms with van der Waals surface area (Å²) < 4.78 is 27.8. The van der Waals surface area contributed by atoms with Gasteiger partial charge in [-0.15, -0.1) is 10.2 Å².